The molecule has 2 N–H and O–H groups in total. The minimum atomic E-state index is -0.730. The number of benzene rings is 2. The molecular formula is C26H26FN3O5. The van der Waals surface area contributed by atoms with Crippen molar-refractivity contribution in [3.63, 3.8) is 0 Å². The first-order chi connectivity index (χ1) is 16.9. The molecule has 35 heavy (non-hydrogen) atoms. The number of hydrogen-bond acceptors (Lipinski definition) is 6. The second-order valence-electron chi connectivity index (χ2n) is 9.18. The highest BCUT2D eigenvalue weighted by Gasteiger charge is 2.46. The highest BCUT2D eigenvalue weighted by Crippen LogP contribution is 2.51. The number of carbonyl (C=O) groups excluding carboxylic acids is 2. The first kappa shape index (κ1) is 22.9. The normalized spacial score (nSPS) is 18.7. The number of halogens is 1. The molecule has 5 rings (SSSR count). The minimum absolute atomic E-state index is 0.0388. The lowest BCUT2D eigenvalue weighted by molar-refractivity contribution is -0.0774. The van der Waals surface area contributed by atoms with Crippen molar-refractivity contribution in [2.45, 2.75) is 44.9 Å². The summed E-state index contributed by atoms with van der Waals surface area (Å²) in [5.41, 5.74) is 6.53. The summed E-state index contributed by atoms with van der Waals surface area (Å²) in [5.74, 6) is -0.571. The monoisotopic (exact) mass is 479 g/mol. The van der Waals surface area contributed by atoms with Gasteiger partial charge < -0.3 is 19.7 Å². The first-order valence-electron chi connectivity index (χ1n) is 11.6. The van der Waals surface area contributed by atoms with Crippen LogP contribution in [0.25, 0.3) is 11.1 Å². The summed E-state index contributed by atoms with van der Waals surface area (Å²) < 4.78 is 31.5. The van der Waals surface area contributed by atoms with Gasteiger partial charge >= 0.3 is 6.09 Å². The van der Waals surface area contributed by atoms with E-state index in [1.54, 1.807) is 12.1 Å². The average molecular weight is 480 g/mol. The van der Waals surface area contributed by atoms with E-state index in [-0.39, 0.29) is 23.5 Å². The van der Waals surface area contributed by atoms with E-state index in [1.807, 2.05) is 30.3 Å². The molecule has 1 atom stereocenters. The fourth-order valence-electron chi connectivity index (χ4n) is 4.82. The second-order valence-corrected chi connectivity index (χ2v) is 9.18. The van der Waals surface area contributed by atoms with Crippen LogP contribution in [0.2, 0.25) is 0 Å². The van der Waals surface area contributed by atoms with Crippen molar-refractivity contribution < 1.29 is 28.0 Å². The predicted molar refractivity (Wildman–Crippen MR) is 124 cm³/mol. The molecule has 1 unspecified atom stereocenters. The van der Waals surface area contributed by atoms with E-state index in [2.05, 4.69) is 5.16 Å². The molecule has 2 heterocycles. The molecule has 1 saturated carbocycles. The number of rotatable bonds is 6. The van der Waals surface area contributed by atoms with Gasteiger partial charge in [0.1, 0.15) is 11.6 Å². The summed E-state index contributed by atoms with van der Waals surface area (Å²) in [7, 11) is 0. The van der Waals surface area contributed by atoms with Crippen molar-refractivity contribution in [3.8, 4) is 16.9 Å². The van der Waals surface area contributed by atoms with E-state index >= 15 is 0 Å². The van der Waals surface area contributed by atoms with Gasteiger partial charge in [-0.3, -0.25) is 9.69 Å². The molecular weight excluding hydrogens is 453 g/mol. The van der Waals surface area contributed by atoms with Crippen molar-refractivity contribution in [2.24, 2.45) is 11.1 Å². The topological polar surface area (TPSA) is 108 Å². The molecule has 0 bridgehead atoms. The maximum absolute atomic E-state index is 14.9. The number of primary amides is 1. The number of piperidine rings is 1. The molecule has 0 radical (unpaired) electrons. The molecule has 2 aromatic carbocycles. The van der Waals surface area contributed by atoms with Gasteiger partial charge in [-0.25, -0.2) is 9.18 Å². The van der Waals surface area contributed by atoms with Gasteiger partial charge in [-0.2, -0.15) is 0 Å². The van der Waals surface area contributed by atoms with E-state index in [0.717, 1.165) is 31.2 Å². The molecule has 182 valence electrons. The number of amides is 2. The van der Waals surface area contributed by atoms with Crippen LogP contribution in [0.1, 0.15) is 48.4 Å². The highest BCUT2D eigenvalue weighted by atomic mass is 19.1. The summed E-state index contributed by atoms with van der Waals surface area (Å²) in [4.78, 5) is 25.6. The number of hydrogen-bond donors (Lipinski definition) is 1. The molecule has 3 aromatic rings. The molecule has 2 fully saturated rings. The Bertz CT molecular complexity index is 1220. The van der Waals surface area contributed by atoms with Gasteiger partial charge in [-0.1, -0.05) is 41.9 Å². The third-order valence-electron chi connectivity index (χ3n) is 6.93. The maximum Gasteiger partial charge on any atom is 0.413 e. The maximum atomic E-state index is 14.9. The Kier molecular flexibility index (Phi) is 6.15. The van der Waals surface area contributed by atoms with Crippen LogP contribution >= 0.6 is 0 Å². The van der Waals surface area contributed by atoms with Crippen LogP contribution in [0.5, 0.6) is 5.75 Å². The zero-order valence-corrected chi connectivity index (χ0v) is 19.1. The van der Waals surface area contributed by atoms with Crippen LogP contribution in [-0.4, -0.2) is 34.8 Å². The second kappa shape index (κ2) is 9.40. The van der Waals surface area contributed by atoms with Crippen molar-refractivity contribution in [2.75, 3.05) is 6.54 Å². The third kappa shape index (κ3) is 4.84. The Morgan fingerprint density at radius 3 is 2.60 bits per heavy atom. The fourth-order valence-corrected chi connectivity index (χ4v) is 4.82. The van der Waals surface area contributed by atoms with Gasteiger partial charge in [-0.05, 0) is 42.4 Å². The Morgan fingerprint density at radius 2 is 1.94 bits per heavy atom. The number of ether oxygens (including phenoxy) is 2. The molecule has 1 aromatic heterocycles. The zero-order valence-electron chi connectivity index (χ0n) is 19.1. The SMILES string of the molecule is NC(=O)c1cc(COC(=O)N2CCC3(CCC3)CC2Oc2ccc(-c3ccccc3)c(F)c2)on1. The van der Waals surface area contributed by atoms with Crippen LogP contribution < -0.4 is 10.5 Å². The summed E-state index contributed by atoms with van der Waals surface area (Å²) in [5, 5.41) is 3.54. The van der Waals surface area contributed by atoms with Gasteiger partial charge in [-0.15, -0.1) is 0 Å². The summed E-state index contributed by atoms with van der Waals surface area (Å²) in [6, 6.07) is 15.4. The van der Waals surface area contributed by atoms with Crippen molar-refractivity contribution in [3.05, 3.63) is 71.9 Å². The summed E-state index contributed by atoms with van der Waals surface area (Å²) in [6.07, 6.45) is 3.67. The molecule has 9 heteroatoms. The van der Waals surface area contributed by atoms with Crippen LogP contribution in [0.3, 0.4) is 0 Å². The lowest BCUT2D eigenvalue weighted by Gasteiger charge is -2.50. The van der Waals surface area contributed by atoms with Crippen molar-refractivity contribution >= 4 is 12.0 Å². The van der Waals surface area contributed by atoms with E-state index in [1.165, 1.54) is 17.0 Å². The van der Waals surface area contributed by atoms with Crippen LogP contribution in [0.15, 0.2) is 59.1 Å². The zero-order chi connectivity index (χ0) is 24.4. The van der Waals surface area contributed by atoms with Gasteiger partial charge in [0.2, 0.25) is 0 Å². The summed E-state index contributed by atoms with van der Waals surface area (Å²) in [6.45, 7) is 0.269. The molecule has 2 amide bonds. The highest BCUT2D eigenvalue weighted by molar-refractivity contribution is 5.90. The lowest BCUT2D eigenvalue weighted by Crippen LogP contribution is -2.54. The molecule has 8 nitrogen and oxygen atoms in total. The average Bonchev–Trinajstić information content (AvgIpc) is 3.32. The molecule has 1 spiro atoms. The molecule has 2 aliphatic rings. The first-order valence-corrected chi connectivity index (χ1v) is 11.6. The predicted octanol–water partition coefficient (Wildman–Crippen LogP) is 4.89. The van der Waals surface area contributed by atoms with Gasteiger partial charge in [0.15, 0.2) is 24.3 Å². The molecule has 1 aliphatic carbocycles. The largest absolute Gasteiger partial charge is 0.470 e. The van der Waals surface area contributed by atoms with Crippen LogP contribution in [0, 0.1) is 11.2 Å². The Hall–Kier alpha value is -3.88. The Balaban J connectivity index is 1.30. The van der Waals surface area contributed by atoms with E-state index in [4.69, 9.17) is 19.7 Å². The number of carbonyl (C=O) groups is 2. The fraction of sp³-hybridized carbons (Fsp3) is 0.346. The Morgan fingerprint density at radius 1 is 1.14 bits per heavy atom. The third-order valence-corrected chi connectivity index (χ3v) is 6.93. The van der Waals surface area contributed by atoms with Gasteiger partial charge in [0.05, 0.1) is 0 Å². The number of likely N-dealkylation sites (tertiary alicyclic amines) is 1. The van der Waals surface area contributed by atoms with E-state index in [0.29, 0.717) is 24.3 Å². The quantitative estimate of drug-likeness (QED) is 0.540. The minimum Gasteiger partial charge on any atom is -0.470 e. The van der Waals surface area contributed by atoms with Crippen LogP contribution in [-0.2, 0) is 11.3 Å². The number of aromatic nitrogens is 1. The number of nitrogens with zero attached hydrogens (tertiary/aromatic N) is 2. The molecule has 1 aliphatic heterocycles. The summed E-state index contributed by atoms with van der Waals surface area (Å²) >= 11 is 0. The van der Waals surface area contributed by atoms with Gasteiger partial charge in [0.25, 0.3) is 5.91 Å². The lowest BCUT2D eigenvalue weighted by atomic mass is 9.63. The smallest absolute Gasteiger partial charge is 0.413 e. The van der Waals surface area contributed by atoms with E-state index < -0.39 is 24.0 Å². The van der Waals surface area contributed by atoms with E-state index in [9.17, 15) is 14.0 Å². The van der Waals surface area contributed by atoms with Crippen molar-refractivity contribution in [1.29, 1.82) is 0 Å². The number of nitrogens with two attached hydrogens (primary N) is 1. The van der Waals surface area contributed by atoms with Crippen molar-refractivity contribution in [1.82, 2.24) is 10.1 Å². The standard InChI is InChI=1S/C26H26FN3O5/c27-21-13-18(7-8-20(21)17-5-2-1-3-6-17)34-23-15-26(9-4-10-26)11-12-30(23)25(32)33-16-19-14-22(24(28)31)29-35-19/h1-3,5-8,13-14,23H,4,9-12,15-16H2,(H2,28,31). The van der Waals surface area contributed by atoms with Crippen LogP contribution in [0.4, 0.5) is 9.18 Å². The Labute approximate surface area is 201 Å². The van der Waals surface area contributed by atoms with Gasteiger partial charge in [0, 0.05) is 30.7 Å². The molecule has 1 saturated heterocycles.